The Kier molecular flexibility index (Phi) is 3.36. The van der Waals surface area contributed by atoms with Crippen LogP contribution in [0.1, 0.15) is 41.5 Å². The fourth-order valence-corrected chi connectivity index (χ4v) is 2.03. The first kappa shape index (κ1) is 14.4. The number of hydrogen-bond donors (Lipinski definition) is 0. The van der Waals surface area contributed by atoms with E-state index in [1.54, 1.807) is 6.08 Å². The lowest BCUT2D eigenvalue weighted by atomic mass is 9.71. The number of carbonyl (C=O) groups excluding carboxylic acids is 2. The summed E-state index contributed by atoms with van der Waals surface area (Å²) in [5.41, 5.74) is 0.118. The van der Waals surface area contributed by atoms with Crippen molar-refractivity contribution in [2.45, 2.75) is 41.5 Å². The molecular weight excluding hydrogens is 226 g/mol. The Bertz CT molecular complexity index is 514. The Labute approximate surface area is 108 Å². The number of hydrogen-bond acceptors (Lipinski definition) is 3. The van der Waals surface area contributed by atoms with Gasteiger partial charge in [0.05, 0.1) is 11.6 Å². The first-order valence-electron chi connectivity index (χ1n) is 5.96. The van der Waals surface area contributed by atoms with Gasteiger partial charge in [0.1, 0.15) is 0 Å². The minimum Gasteiger partial charge on any atom is -0.285 e. The van der Waals surface area contributed by atoms with Crippen molar-refractivity contribution in [3.63, 3.8) is 0 Å². The second kappa shape index (κ2) is 4.20. The van der Waals surface area contributed by atoms with E-state index in [-0.39, 0.29) is 0 Å². The molecule has 0 aromatic rings. The SMILES string of the molecule is CC(C)(C)C1=CC(C#N)=C(C(C)(C)C)C(=O)C1=O. The molecule has 0 heterocycles. The molecular formula is C15H19NO2. The molecule has 0 bridgehead atoms. The van der Waals surface area contributed by atoms with Crippen molar-refractivity contribution in [1.82, 2.24) is 0 Å². The van der Waals surface area contributed by atoms with E-state index in [1.165, 1.54) is 0 Å². The predicted octanol–water partition coefficient (Wildman–Crippen LogP) is 2.98. The summed E-state index contributed by atoms with van der Waals surface area (Å²) in [5, 5.41) is 9.20. The molecule has 1 rings (SSSR count). The summed E-state index contributed by atoms with van der Waals surface area (Å²) in [6.07, 6.45) is 1.57. The average Bonchev–Trinajstić information content (AvgIpc) is 2.17. The molecule has 3 heteroatoms. The molecule has 0 fully saturated rings. The molecule has 96 valence electrons. The van der Waals surface area contributed by atoms with Gasteiger partial charge in [-0.05, 0) is 16.9 Å². The van der Waals surface area contributed by atoms with Crippen molar-refractivity contribution in [2.75, 3.05) is 0 Å². The lowest BCUT2D eigenvalue weighted by molar-refractivity contribution is -0.133. The quantitative estimate of drug-likeness (QED) is 0.487. The van der Waals surface area contributed by atoms with Crippen molar-refractivity contribution in [1.29, 1.82) is 5.26 Å². The molecule has 3 nitrogen and oxygen atoms in total. The van der Waals surface area contributed by atoms with Gasteiger partial charge >= 0.3 is 0 Å². The molecule has 0 N–H and O–H groups in total. The Balaban J connectivity index is 3.58. The molecule has 1 aliphatic carbocycles. The van der Waals surface area contributed by atoms with Gasteiger partial charge in [-0.15, -0.1) is 0 Å². The molecule has 0 spiro atoms. The van der Waals surface area contributed by atoms with E-state index in [0.29, 0.717) is 16.7 Å². The highest BCUT2D eigenvalue weighted by Crippen LogP contribution is 2.37. The van der Waals surface area contributed by atoms with Crippen molar-refractivity contribution < 1.29 is 9.59 Å². The van der Waals surface area contributed by atoms with Crippen LogP contribution in [-0.2, 0) is 9.59 Å². The first-order valence-corrected chi connectivity index (χ1v) is 5.96. The summed E-state index contributed by atoms with van der Waals surface area (Å²) in [6, 6.07) is 2.04. The largest absolute Gasteiger partial charge is 0.285 e. The van der Waals surface area contributed by atoms with Crippen LogP contribution in [0.5, 0.6) is 0 Å². The lowest BCUT2D eigenvalue weighted by Gasteiger charge is -2.29. The van der Waals surface area contributed by atoms with Crippen molar-refractivity contribution in [3.8, 4) is 6.07 Å². The third kappa shape index (κ3) is 2.43. The summed E-state index contributed by atoms with van der Waals surface area (Å²) in [4.78, 5) is 24.3. The van der Waals surface area contributed by atoms with E-state index in [4.69, 9.17) is 0 Å². The Hall–Kier alpha value is -1.69. The van der Waals surface area contributed by atoms with Gasteiger partial charge in [0.2, 0.25) is 11.6 Å². The standard InChI is InChI=1S/C15H19NO2/c1-14(2,3)10-7-9(8-16)11(15(4,5)6)13(18)12(10)17/h7H,1-6H3. The van der Waals surface area contributed by atoms with E-state index >= 15 is 0 Å². The van der Waals surface area contributed by atoms with Gasteiger partial charge in [0, 0.05) is 11.1 Å². The van der Waals surface area contributed by atoms with E-state index in [9.17, 15) is 14.9 Å². The topological polar surface area (TPSA) is 57.9 Å². The molecule has 0 aromatic carbocycles. The summed E-state index contributed by atoms with van der Waals surface area (Å²) < 4.78 is 0. The van der Waals surface area contributed by atoms with Crippen molar-refractivity contribution in [2.24, 2.45) is 10.8 Å². The molecule has 0 saturated carbocycles. The molecule has 0 aliphatic heterocycles. The first-order chi connectivity index (χ1) is 8.00. The van der Waals surface area contributed by atoms with E-state index in [2.05, 4.69) is 0 Å². The number of nitriles is 1. The maximum absolute atomic E-state index is 12.2. The minimum atomic E-state index is -0.536. The Morgan fingerprint density at radius 1 is 0.944 bits per heavy atom. The van der Waals surface area contributed by atoms with Crippen molar-refractivity contribution >= 4 is 11.6 Å². The molecule has 0 amide bonds. The van der Waals surface area contributed by atoms with Crippen LogP contribution in [0.25, 0.3) is 0 Å². The Morgan fingerprint density at radius 3 is 1.78 bits per heavy atom. The number of Topliss-reactive ketones (excluding diaryl/α,β-unsaturated/α-hetero) is 2. The van der Waals surface area contributed by atoms with Gasteiger partial charge in [-0.1, -0.05) is 41.5 Å². The summed E-state index contributed by atoms with van der Waals surface area (Å²) in [7, 11) is 0. The zero-order valence-electron chi connectivity index (χ0n) is 11.8. The second-order valence-corrected chi connectivity index (χ2v) is 6.62. The number of rotatable bonds is 0. The Morgan fingerprint density at radius 2 is 1.44 bits per heavy atom. The molecule has 0 atom stereocenters. The fraction of sp³-hybridized carbons (Fsp3) is 0.533. The van der Waals surface area contributed by atoms with Crippen LogP contribution in [0.2, 0.25) is 0 Å². The highest BCUT2D eigenvalue weighted by molar-refractivity contribution is 6.50. The molecule has 0 saturated heterocycles. The van der Waals surface area contributed by atoms with Gasteiger partial charge in [0.25, 0.3) is 0 Å². The van der Waals surface area contributed by atoms with Crippen LogP contribution in [0.3, 0.4) is 0 Å². The highest BCUT2D eigenvalue weighted by atomic mass is 16.2. The second-order valence-electron chi connectivity index (χ2n) is 6.62. The third-order valence-corrected chi connectivity index (χ3v) is 2.91. The molecule has 1 aliphatic rings. The minimum absolute atomic E-state index is 0.317. The molecule has 0 unspecified atom stereocenters. The van der Waals surface area contributed by atoms with Crippen LogP contribution in [0.4, 0.5) is 0 Å². The maximum atomic E-state index is 12.2. The van der Waals surface area contributed by atoms with Gasteiger partial charge < -0.3 is 0 Å². The van der Waals surface area contributed by atoms with E-state index in [0.717, 1.165) is 0 Å². The third-order valence-electron chi connectivity index (χ3n) is 2.91. The lowest BCUT2D eigenvalue weighted by Crippen LogP contribution is -2.34. The highest BCUT2D eigenvalue weighted by Gasteiger charge is 2.39. The number of ketones is 2. The zero-order chi connectivity index (χ0) is 14.3. The van der Waals surface area contributed by atoms with Crippen LogP contribution in [0.15, 0.2) is 22.8 Å². The van der Waals surface area contributed by atoms with Gasteiger partial charge in [-0.25, -0.2) is 0 Å². The summed E-state index contributed by atoms with van der Waals surface area (Å²) in [5.74, 6) is -1.02. The molecule has 18 heavy (non-hydrogen) atoms. The van der Waals surface area contributed by atoms with E-state index < -0.39 is 22.4 Å². The molecule has 0 radical (unpaired) electrons. The maximum Gasteiger partial charge on any atom is 0.231 e. The monoisotopic (exact) mass is 245 g/mol. The van der Waals surface area contributed by atoms with Crippen LogP contribution in [0, 0.1) is 22.2 Å². The summed E-state index contributed by atoms with van der Waals surface area (Å²) in [6.45, 7) is 11.1. The number of allylic oxidation sites excluding steroid dienone is 4. The number of nitrogens with zero attached hydrogens (tertiary/aromatic N) is 1. The fourth-order valence-electron chi connectivity index (χ4n) is 2.03. The van der Waals surface area contributed by atoms with Gasteiger partial charge in [-0.2, -0.15) is 5.26 Å². The van der Waals surface area contributed by atoms with E-state index in [1.807, 2.05) is 47.6 Å². The zero-order valence-corrected chi connectivity index (χ0v) is 11.8. The summed E-state index contributed by atoms with van der Waals surface area (Å²) >= 11 is 0. The van der Waals surface area contributed by atoms with Gasteiger partial charge in [-0.3, -0.25) is 9.59 Å². The predicted molar refractivity (Wildman–Crippen MR) is 69.6 cm³/mol. The van der Waals surface area contributed by atoms with Crippen LogP contribution in [-0.4, -0.2) is 11.6 Å². The van der Waals surface area contributed by atoms with Crippen molar-refractivity contribution in [3.05, 3.63) is 22.8 Å². The van der Waals surface area contributed by atoms with Crippen LogP contribution < -0.4 is 0 Å². The molecule has 0 aromatic heterocycles. The normalized spacial score (nSPS) is 17.7. The van der Waals surface area contributed by atoms with Crippen LogP contribution >= 0.6 is 0 Å². The smallest absolute Gasteiger partial charge is 0.231 e. The average molecular weight is 245 g/mol. The van der Waals surface area contributed by atoms with Gasteiger partial charge in [0.15, 0.2) is 0 Å². The number of carbonyl (C=O) groups is 2.